The average molecular weight is 334 g/mol. The first-order valence-corrected chi connectivity index (χ1v) is 8.27. The van der Waals surface area contributed by atoms with Gasteiger partial charge >= 0.3 is 0 Å². The Hall–Kier alpha value is -2.87. The molecule has 0 amide bonds. The lowest BCUT2D eigenvalue weighted by atomic mass is 9.61. The first-order chi connectivity index (χ1) is 11.7. The Bertz CT molecular complexity index is 899. The van der Waals surface area contributed by atoms with Gasteiger partial charge in [0.25, 0.3) is 0 Å². The highest BCUT2D eigenvalue weighted by Crippen LogP contribution is 2.50. The quantitative estimate of drug-likeness (QED) is 0.823. The molecule has 0 unspecified atom stereocenters. The van der Waals surface area contributed by atoms with E-state index in [-0.39, 0.29) is 11.2 Å². The second-order valence-corrected chi connectivity index (χ2v) is 7.66. The van der Waals surface area contributed by atoms with Crippen molar-refractivity contribution in [1.82, 2.24) is 0 Å². The molecule has 0 saturated heterocycles. The van der Waals surface area contributed by atoms with E-state index in [4.69, 9.17) is 11.5 Å². The molecule has 3 rings (SSSR count). The summed E-state index contributed by atoms with van der Waals surface area (Å²) in [7, 11) is 0. The van der Waals surface area contributed by atoms with E-state index >= 15 is 0 Å². The number of carbonyl (C=O) groups is 1. The van der Waals surface area contributed by atoms with Gasteiger partial charge in [0.15, 0.2) is 5.78 Å². The SMILES string of the molecule is CC1(C)CC(=O)C2=C(C1)N=C(N)/C(=C\N)[C@]2(C)c1cccc(C#N)c1. The molecule has 5 heteroatoms. The summed E-state index contributed by atoms with van der Waals surface area (Å²) < 4.78 is 0. The van der Waals surface area contributed by atoms with E-state index in [0.717, 1.165) is 11.3 Å². The van der Waals surface area contributed by atoms with Crippen molar-refractivity contribution < 1.29 is 4.79 Å². The summed E-state index contributed by atoms with van der Waals surface area (Å²) in [4.78, 5) is 17.6. The highest BCUT2D eigenvalue weighted by Gasteiger charge is 2.48. The van der Waals surface area contributed by atoms with Crippen LogP contribution in [0.5, 0.6) is 0 Å². The van der Waals surface area contributed by atoms with Crippen LogP contribution in [0, 0.1) is 16.7 Å². The lowest BCUT2D eigenvalue weighted by Gasteiger charge is -2.43. The largest absolute Gasteiger partial charge is 0.404 e. The van der Waals surface area contributed by atoms with Crippen LogP contribution in [-0.4, -0.2) is 11.6 Å². The predicted molar refractivity (Wildman–Crippen MR) is 97.4 cm³/mol. The summed E-state index contributed by atoms with van der Waals surface area (Å²) in [6.45, 7) is 6.06. The van der Waals surface area contributed by atoms with Gasteiger partial charge in [-0.25, -0.2) is 4.99 Å². The van der Waals surface area contributed by atoms with Crippen molar-refractivity contribution >= 4 is 11.6 Å². The van der Waals surface area contributed by atoms with Gasteiger partial charge in [-0.05, 0) is 36.5 Å². The Morgan fingerprint density at radius 2 is 2.00 bits per heavy atom. The number of nitrogens with two attached hydrogens (primary N) is 2. The van der Waals surface area contributed by atoms with Gasteiger partial charge in [-0.3, -0.25) is 4.79 Å². The number of hydrogen-bond donors (Lipinski definition) is 2. The molecule has 25 heavy (non-hydrogen) atoms. The molecule has 4 N–H and O–H groups in total. The number of ketones is 1. The fraction of sp³-hybridized carbons (Fsp3) is 0.350. The maximum Gasteiger partial charge on any atom is 0.162 e. The normalized spacial score (nSPS) is 26.9. The number of hydrogen-bond acceptors (Lipinski definition) is 5. The Labute approximate surface area is 147 Å². The Morgan fingerprint density at radius 3 is 2.64 bits per heavy atom. The number of Topliss-reactive ketones (excluding diaryl/α,β-unsaturated/α-hetero) is 1. The summed E-state index contributed by atoms with van der Waals surface area (Å²) in [5.74, 6) is 0.392. The highest BCUT2D eigenvalue weighted by atomic mass is 16.1. The van der Waals surface area contributed by atoms with Gasteiger partial charge in [-0.1, -0.05) is 26.0 Å². The molecule has 1 aromatic rings. The zero-order valence-electron chi connectivity index (χ0n) is 14.8. The molecule has 1 atom stereocenters. The average Bonchev–Trinajstić information content (AvgIpc) is 2.53. The van der Waals surface area contributed by atoms with E-state index in [9.17, 15) is 10.1 Å². The van der Waals surface area contributed by atoms with Crippen LogP contribution in [0.1, 0.15) is 44.7 Å². The summed E-state index contributed by atoms with van der Waals surface area (Å²) in [6, 6.07) is 9.39. The van der Waals surface area contributed by atoms with E-state index in [1.54, 1.807) is 12.1 Å². The minimum Gasteiger partial charge on any atom is -0.404 e. The fourth-order valence-corrected chi connectivity index (χ4v) is 4.00. The van der Waals surface area contributed by atoms with E-state index in [0.29, 0.717) is 35.4 Å². The van der Waals surface area contributed by atoms with Gasteiger partial charge in [-0.15, -0.1) is 0 Å². The molecule has 0 radical (unpaired) electrons. The minimum atomic E-state index is -0.809. The van der Waals surface area contributed by atoms with E-state index < -0.39 is 5.41 Å². The number of nitrogens with zero attached hydrogens (tertiary/aromatic N) is 2. The third-order valence-corrected chi connectivity index (χ3v) is 5.16. The van der Waals surface area contributed by atoms with Gasteiger partial charge in [0, 0.05) is 23.8 Å². The van der Waals surface area contributed by atoms with Crippen LogP contribution in [0.25, 0.3) is 0 Å². The summed E-state index contributed by atoms with van der Waals surface area (Å²) in [6.07, 6.45) is 2.56. The topological polar surface area (TPSA) is 105 Å². The van der Waals surface area contributed by atoms with Crippen molar-refractivity contribution in [2.24, 2.45) is 21.9 Å². The number of nitriles is 1. The molecule has 1 aliphatic carbocycles. The lowest BCUT2D eigenvalue weighted by Crippen LogP contribution is -2.44. The molecule has 0 saturated carbocycles. The van der Waals surface area contributed by atoms with Crippen molar-refractivity contribution in [1.29, 1.82) is 5.26 Å². The Kier molecular flexibility index (Phi) is 3.80. The molecule has 0 bridgehead atoms. The third kappa shape index (κ3) is 2.54. The predicted octanol–water partition coefficient (Wildman–Crippen LogP) is 2.67. The second kappa shape index (κ2) is 5.59. The first kappa shape index (κ1) is 17.0. The summed E-state index contributed by atoms with van der Waals surface area (Å²) in [5, 5.41) is 9.26. The maximum absolute atomic E-state index is 13.1. The van der Waals surface area contributed by atoms with Crippen molar-refractivity contribution in [3.63, 3.8) is 0 Å². The second-order valence-electron chi connectivity index (χ2n) is 7.66. The van der Waals surface area contributed by atoms with E-state index in [1.165, 1.54) is 6.20 Å². The monoisotopic (exact) mass is 334 g/mol. The van der Waals surface area contributed by atoms with Crippen molar-refractivity contribution in [3.05, 3.63) is 58.4 Å². The molecule has 128 valence electrons. The molecule has 0 spiro atoms. The molecule has 1 aromatic carbocycles. The Morgan fingerprint density at radius 1 is 1.28 bits per heavy atom. The van der Waals surface area contributed by atoms with Crippen LogP contribution in [-0.2, 0) is 10.2 Å². The van der Waals surface area contributed by atoms with Crippen molar-refractivity contribution in [2.45, 2.75) is 39.0 Å². The number of carbonyl (C=O) groups excluding carboxylic acids is 1. The molecule has 1 heterocycles. The van der Waals surface area contributed by atoms with Crippen LogP contribution in [0.15, 0.2) is 52.3 Å². The van der Waals surface area contributed by atoms with Gasteiger partial charge < -0.3 is 11.5 Å². The highest BCUT2D eigenvalue weighted by molar-refractivity contribution is 6.10. The van der Waals surface area contributed by atoms with Gasteiger partial charge in [-0.2, -0.15) is 5.26 Å². The van der Waals surface area contributed by atoms with Crippen LogP contribution in [0.3, 0.4) is 0 Å². The van der Waals surface area contributed by atoms with E-state index in [1.807, 2.05) is 19.1 Å². The zero-order chi connectivity index (χ0) is 18.4. The third-order valence-electron chi connectivity index (χ3n) is 5.16. The molecule has 0 aromatic heterocycles. The van der Waals surface area contributed by atoms with Crippen LogP contribution in [0.4, 0.5) is 0 Å². The van der Waals surface area contributed by atoms with Crippen LogP contribution < -0.4 is 11.5 Å². The molecule has 1 aliphatic heterocycles. The van der Waals surface area contributed by atoms with Crippen LogP contribution in [0.2, 0.25) is 0 Å². The number of rotatable bonds is 1. The van der Waals surface area contributed by atoms with Gasteiger partial charge in [0.05, 0.1) is 22.7 Å². The van der Waals surface area contributed by atoms with Crippen molar-refractivity contribution in [3.8, 4) is 6.07 Å². The van der Waals surface area contributed by atoms with E-state index in [2.05, 4.69) is 24.9 Å². The fourth-order valence-electron chi connectivity index (χ4n) is 4.00. The molecule has 2 aliphatic rings. The standard InChI is InChI=1S/C20H22N4O/c1-19(2)8-15-17(16(25)9-19)20(3,14(11-22)18(23)24-15)13-6-4-5-12(7-13)10-21/h4-7,11H,8-9,22H2,1-3H3,(H2,23,24)/b14-11+/t20-/m0/s1. The van der Waals surface area contributed by atoms with Crippen LogP contribution >= 0.6 is 0 Å². The molecular formula is C20H22N4O. The lowest BCUT2D eigenvalue weighted by molar-refractivity contribution is -0.118. The molecule has 5 nitrogen and oxygen atoms in total. The minimum absolute atomic E-state index is 0.0618. The van der Waals surface area contributed by atoms with Crippen molar-refractivity contribution in [2.75, 3.05) is 0 Å². The number of aliphatic imine (C=N–C) groups is 1. The number of benzene rings is 1. The maximum atomic E-state index is 13.1. The number of amidine groups is 1. The zero-order valence-corrected chi connectivity index (χ0v) is 14.8. The molecular weight excluding hydrogens is 312 g/mol. The smallest absolute Gasteiger partial charge is 0.162 e. The first-order valence-electron chi connectivity index (χ1n) is 8.27. The molecule has 0 fully saturated rings. The number of allylic oxidation sites excluding steroid dienone is 2. The summed E-state index contributed by atoms with van der Waals surface area (Å²) >= 11 is 0. The van der Waals surface area contributed by atoms with Gasteiger partial charge in [0.2, 0.25) is 0 Å². The van der Waals surface area contributed by atoms with Gasteiger partial charge in [0.1, 0.15) is 5.84 Å². The Balaban J connectivity index is 2.32. The summed E-state index contributed by atoms with van der Waals surface area (Å²) in [5.41, 5.74) is 14.5.